The molecule has 0 saturated carbocycles. The summed E-state index contributed by atoms with van der Waals surface area (Å²) < 4.78 is 12.9. The fraction of sp³-hybridized carbons (Fsp3) is 0.370. The van der Waals surface area contributed by atoms with Crippen LogP contribution in [0.15, 0.2) is 30.6 Å². The molecule has 1 saturated heterocycles. The Morgan fingerprint density at radius 1 is 1.15 bits per heavy atom. The Morgan fingerprint density at radius 2 is 2.08 bits per heavy atom. The van der Waals surface area contributed by atoms with Crippen LogP contribution in [-0.2, 0) is 22.5 Å². The number of hydrogen-bond acceptors (Lipinski definition) is 10. The van der Waals surface area contributed by atoms with Gasteiger partial charge in [-0.25, -0.2) is 15.0 Å². The molecule has 4 N–H and O–H groups in total. The van der Waals surface area contributed by atoms with Gasteiger partial charge in [0.2, 0.25) is 11.8 Å². The predicted molar refractivity (Wildman–Crippen MR) is 146 cm³/mol. The van der Waals surface area contributed by atoms with Crippen LogP contribution in [0.5, 0.6) is 5.88 Å². The number of nitrogens with one attached hydrogen (secondary N) is 2. The molecule has 1 amide bonds. The first-order chi connectivity index (χ1) is 19.0. The van der Waals surface area contributed by atoms with E-state index in [0.717, 1.165) is 58.4 Å². The number of nitrogen functional groups attached to an aromatic ring is 1. The van der Waals surface area contributed by atoms with E-state index < -0.39 is 0 Å². The number of ether oxygens (including phenoxy) is 2. The van der Waals surface area contributed by atoms with Crippen LogP contribution in [-0.4, -0.2) is 74.5 Å². The number of amides is 1. The third kappa shape index (κ3) is 4.26. The van der Waals surface area contributed by atoms with E-state index in [1.54, 1.807) is 17.1 Å². The molecule has 4 aromatic rings. The maximum absolute atomic E-state index is 12.9. The highest BCUT2D eigenvalue weighted by Gasteiger charge is 2.30. The van der Waals surface area contributed by atoms with Gasteiger partial charge < -0.3 is 30.7 Å². The van der Waals surface area contributed by atoms with Crippen LogP contribution >= 0.6 is 0 Å². The SMILES string of the molecule is Cc1c(-c2cc3cc(Nc4cc5n(n4)CC(=O)N(C4CCOC4)CC5)ncc3c(N)n2)cnc2c1NCCO2. The standard InChI is InChI=1S/C27H29N9O3/c1-15-19(11-31-27-25(15)29-4-7-39-27)21-8-16-9-22(30-12-20(16)26(28)32-21)33-23-10-17-2-5-35(18-3-6-38-14-18)24(37)13-36(17)34-23/h8-12,18,29H,2-7,13-14H2,1H3,(H2,28,32)(H,30,33,34). The molecule has 4 aromatic heterocycles. The first kappa shape index (κ1) is 23.7. The molecule has 12 heteroatoms. The van der Waals surface area contributed by atoms with Crippen LogP contribution in [0.3, 0.4) is 0 Å². The van der Waals surface area contributed by atoms with Crippen molar-refractivity contribution in [1.82, 2.24) is 29.6 Å². The lowest BCUT2D eigenvalue weighted by atomic mass is 10.0. The highest BCUT2D eigenvalue weighted by molar-refractivity contribution is 5.95. The van der Waals surface area contributed by atoms with Crippen LogP contribution in [0.2, 0.25) is 0 Å². The lowest BCUT2D eigenvalue weighted by Crippen LogP contribution is -2.42. The van der Waals surface area contributed by atoms with Crippen molar-refractivity contribution in [3.05, 3.63) is 41.9 Å². The number of hydrogen-bond donors (Lipinski definition) is 3. The topological polar surface area (TPSA) is 145 Å². The number of nitrogens with zero attached hydrogens (tertiary/aromatic N) is 6. The van der Waals surface area contributed by atoms with E-state index in [1.165, 1.54) is 0 Å². The van der Waals surface area contributed by atoms with Crippen molar-refractivity contribution in [2.75, 3.05) is 49.3 Å². The van der Waals surface area contributed by atoms with E-state index in [4.69, 9.17) is 15.2 Å². The quantitative estimate of drug-likeness (QED) is 0.362. The average molecular weight is 528 g/mol. The normalized spacial score (nSPS) is 18.7. The monoisotopic (exact) mass is 527 g/mol. The molecule has 0 aliphatic carbocycles. The Hall–Kier alpha value is -4.45. The second-order valence-corrected chi connectivity index (χ2v) is 10.1. The molecular weight excluding hydrogens is 498 g/mol. The number of carbonyl (C=O) groups excluding carboxylic acids is 1. The van der Waals surface area contributed by atoms with Gasteiger partial charge in [0, 0.05) is 61.2 Å². The second kappa shape index (κ2) is 9.38. The Morgan fingerprint density at radius 3 is 2.95 bits per heavy atom. The third-order valence-electron chi connectivity index (χ3n) is 7.65. The Kier molecular flexibility index (Phi) is 5.69. The van der Waals surface area contributed by atoms with E-state index in [2.05, 4.69) is 30.7 Å². The predicted octanol–water partition coefficient (Wildman–Crippen LogP) is 2.50. The smallest absolute Gasteiger partial charge is 0.244 e. The summed E-state index contributed by atoms with van der Waals surface area (Å²) in [6.45, 7) is 5.56. The van der Waals surface area contributed by atoms with Gasteiger partial charge in [0.15, 0.2) is 5.82 Å². The zero-order chi connectivity index (χ0) is 26.5. The van der Waals surface area contributed by atoms with Gasteiger partial charge >= 0.3 is 0 Å². The molecule has 7 rings (SSSR count). The van der Waals surface area contributed by atoms with Gasteiger partial charge in [-0.1, -0.05) is 0 Å². The second-order valence-electron chi connectivity index (χ2n) is 10.1. The van der Waals surface area contributed by atoms with E-state index in [9.17, 15) is 4.79 Å². The van der Waals surface area contributed by atoms with Crippen LogP contribution in [0.4, 0.5) is 23.1 Å². The first-order valence-electron chi connectivity index (χ1n) is 13.2. The molecule has 3 aliphatic rings. The van der Waals surface area contributed by atoms with Crippen LogP contribution in [0.1, 0.15) is 17.7 Å². The molecular formula is C27H29N9O3. The summed E-state index contributed by atoms with van der Waals surface area (Å²) in [5, 5.41) is 13.0. The molecule has 0 radical (unpaired) electrons. The molecule has 1 fully saturated rings. The van der Waals surface area contributed by atoms with Crippen LogP contribution in [0, 0.1) is 6.92 Å². The summed E-state index contributed by atoms with van der Waals surface area (Å²) in [4.78, 5) is 28.5. The van der Waals surface area contributed by atoms with Crippen molar-refractivity contribution in [1.29, 1.82) is 0 Å². The minimum absolute atomic E-state index is 0.0759. The Bertz CT molecular complexity index is 1600. The number of nitrogens with two attached hydrogens (primary N) is 1. The summed E-state index contributed by atoms with van der Waals surface area (Å²) >= 11 is 0. The van der Waals surface area contributed by atoms with Gasteiger partial charge in [-0.15, -0.1) is 0 Å². The van der Waals surface area contributed by atoms with Crippen molar-refractivity contribution in [3.8, 4) is 17.1 Å². The summed E-state index contributed by atoms with van der Waals surface area (Å²) in [6, 6.07) is 6.06. The molecule has 0 aromatic carbocycles. The molecule has 3 aliphatic heterocycles. The Labute approximate surface area is 224 Å². The maximum atomic E-state index is 12.9. The largest absolute Gasteiger partial charge is 0.474 e. The molecule has 1 unspecified atom stereocenters. The molecule has 39 heavy (non-hydrogen) atoms. The molecule has 0 spiro atoms. The minimum Gasteiger partial charge on any atom is -0.474 e. The van der Waals surface area contributed by atoms with E-state index >= 15 is 0 Å². The van der Waals surface area contributed by atoms with Gasteiger partial charge in [-0.2, -0.15) is 5.10 Å². The zero-order valence-corrected chi connectivity index (χ0v) is 21.6. The lowest BCUT2D eigenvalue weighted by molar-refractivity contribution is -0.133. The summed E-state index contributed by atoms with van der Waals surface area (Å²) in [5.41, 5.74) is 10.8. The highest BCUT2D eigenvalue weighted by Crippen LogP contribution is 2.36. The van der Waals surface area contributed by atoms with Crippen molar-refractivity contribution in [2.45, 2.75) is 32.4 Å². The summed E-state index contributed by atoms with van der Waals surface area (Å²) in [5.74, 6) is 2.34. The first-order valence-corrected chi connectivity index (χ1v) is 13.2. The van der Waals surface area contributed by atoms with Crippen molar-refractivity contribution in [2.24, 2.45) is 0 Å². The average Bonchev–Trinajstić information content (AvgIpc) is 3.56. The lowest BCUT2D eigenvalue weighted by Gasteiger charge is -2.26. The summed E-state index contributed by atoms with van der Waals surface area (Å²) in [7, 11) is 0. The van der Waals surface area contributed by atoms with Gasteiger partial charge in [-0.3, -0.25) is 9.48 Å². The number of fused-ring (bicyclic) bond motifs is 3. The molecule has 7 heterocycles. The third-order valence-corrected chi connectivity index (χ3v) is 7.65. The molecule has 1 atom stereocenters. The van der Waals surface area contributed by atoms with E-state index in [1.807, 2.05) is 30.0 Å². The van der Waals surface area contributed by atoms with Crippen molar-refractivity contribution in [3.63, 3.8) is 0 Å². The van der Waals surface area contributed by atoms with Crippen LogP contribution in [0.25, 0.3) is 22.0 Å². The number of carbonyl (C=O) groups is 1. The minimum atomic E-state index is 0.0759. The fourth-order valence-electron chi connectivity index (χ4n) is 5.58. The van der Waals surface area contributed by atoms with Gasteiger partial charge in [0.1, 0.15) is 30.5 Å². The number of pyridine rings is 3. The Balaban J connectivity index is 1.15. The van der Waals surface area contributed by atoms with E-state index in [-0.39, 0.29) is 18.5 Å². The van der Waals surface area contributed by atoms with Crippen LogP contribution < -0.4 is 21.1 Å². The number of aromatic nitrogens is 5. The fourth-order valence-corrected chi connectivity index (χ4v) is 5.58. The molecule has 0 bridgehead atoms. The number of anilines is 4. The number of rotatable bonds is 4. The highest BCUT2D eigenvalue weighted by atomic mass is 16.5. The van der Waals surface area contributed by atoms with Gasteiger partial charge in [0.05, 0.1) is 18.3 Å². The van der Waals surface area contributed by atoms with Gasteiger partial charge in [0.25, 0.3) is 0 Å². The van der Waals surface area contributed by atoms with Crippen molar-refractivity contribution < 1.29 is 14.3 Å². The zero-order valence-electron chi connectivity index (χ0n) is 21.6. The molecule has 200 valence electrons. The summed E-state index contributed by atoms with van der Waals surface area (Å²) in [6.07, 6.45) is 5.12. The van der Waals surface area contributed by atoms with Gasteiger partial charge in [-0.05, 0) is 36.4 Å². The maximum Gasteiger partial charge on any atom is 0.244 e. The van der Waals surface area contributed by atoms with Crippen molar-refractivity contribution >= 4 is 39.8 Å². The van der Waals surface area contributed by atoms with E-state index in [0.29, 0.717) is 49.7 Å². The molecule has 12 nitrogen and oxygen atoms in total.